The van der Waals surface area contributed by atoms with E-state index in [4.69, 9.17) is 14.2 Å². The molecule has 0 fully saturated rings. The standard InChI is InChI=1S/C29H37N3O8/c1-7-15(2)26(29(36)37)32-24(35)14-30-21-11-9-18-19(13-22(21)34)20(31-16(3)33)10-8-17-12-23(38-4)27(39-5)28(40-6)25(17)18/h9,11-13,15,20,26H,7-8,10,14H2,1-6H3,(H,30,34)(H,31,33)(H,32,35)(H,36,37)/t15-,20+,26+/m1/s1. The van der Waals surface area contributed by atoms with Gasteiger partial charge in [0, 0.05) is 12.5 Å². The summed E-state index contributed by atoms with van der Waals surface area (Å²) >= 11 is 0. The molecule has 2 amide bonds. The van der Waals surface area contributed by atoms with Gasteiger partial charge in [0.05, 0.1) is 39.6 Å². The number of carbonyl (C=O) groups excluding carboxylic acids is 2. The zero-order valence-electron chi connectivity index (χ0n) is 23.7. The lowest BCUT2D eigenvalue weighted by atomic mass is 9.95. The number of methoxy groups -OCH3 is 3. The number of aliphatic carboxylic acids is 1. The number of nitrogens with one attached hydrogen (secondary N) is 3. The zero-order valence-corrected chi connectivity index (χ0v) is 23.7. The van der Waals surface area contributed by atoms with Crippen molar-refractivity contribution in [1.29, 1.82) is 0 Å². The Hall–Kier alpha value is -4.28. The molecule has 1 aliphatic carbocycles. The summed E-state index contributed by atoms with van der Waals surface area (Å²) in [5.41, 5.74) is 2.58. The summed E-state index contributed by atoms with van der Waals surface area (Å²) in [6.07, 6.45) is 1.65. The van der Waals surface area contributed by atoms with Gasteiger partial charge in [-0.05, 0) is 53.6 Å². The highest BCUT2D eigenvalue weighted by Crippen LogP contribution is 2.50. The van der Waals surface area contributed by atoms with Crippen molar-refractivity contribution in [3.8, 4) is 28.4 Å². The minimum absolute atomic E-state index is 0.140. The highest BCUT2D eigenvalue weighted by Gasteiger charge is 2.30. The number of aryl methyl sites for hydroxylation is 1. The number of hydrogen-bond acceptors (Lipinski definition) is 8. The number of carboxylic acid groups (broad SMARTS) is 1. The zero-order chi connectivity index (χ0) is 29.6. The van der Waals surface area contributed by atoms with Crippen LogP contribution in [0.1, 0.15) is 50.8 Å². The Morgan fingerprint density at radius 2 is 1.77 bits per heavy atom. The van der Waals surface area contributed by atoms with E-state index in [9.17, 15) is 24.3 Å². The molecule has 1 aliphatic rings. The lowest BCUT2D eigenvalue weighted by molar-refractivity contribution is -0.143. The van der Waals surface area contributed by atoms with Crippen molar-refractivity contribution in [3.63, 3.8) is 0 Å². The van der Waals surface area contributed by atoms with Crippen LogP contribution in [0.4, 0.5) is 5.69 Å². The Balaban J connectivity index is 2.09. The van der Waals surface area contributed by atoms with Gasteiger partial charge in [0.15, 0.2) is 11.5 Å². The van der Waals surface area contributed by atoms with E-state index in [1.807, 2.05) is 13.0 Å². The first kappa shape index (κ1) is 30.3. The molecule has 40 heavy (non-hydrogen) atoms. The predicted molar refractivity (Wildman–Crippen MR) is 150 cm³/mol. The maximum atomic E-state index is 13.3. The van der Waals surface area contributed by atoms with E-state index in [-0.39, 0.29) is 24.1 Å². The van der Waals surface area contributed by atoms with Gasteiger partial charge >= 0.3 is 5.97 Å². The van der Waals surface area contributed by atoms with Gasteiger partial charge in [-0.3, -0.25) is 14.4 Å². The molecule has 4 N–H and O–H groups in total. The monoisotopic (exact) mass is 555 g/mol. The van der Waals surface area contributed by atoms with Gasteiger partial charge in [-0.25, -0.2) is 4.79 Å². The molecule has 3 atom stereocenters. The number of anilines is 1. The SMILES string of the molecule is CC[C@@H](C)[C@H](NC(=O)CNc1ccc2c(cc1=O)[C@@H](NC(C)=O)CCc1cc(OC)c(OC)c(OC)c1-2)C(=O)O. The van der Waals surface area contributed by atoms with Gasteiger partial charge in [-0.2, -0.15) is 0 Å². The van der Waals surface area contributed by atoms with Gasteiger partial charge in [0.2, 0.25) is 23.0 Å². The molecular weight excluding hydrogens is 518 g/mol. The number of amides is 2. The van der Waals surface area contributed by atoms with Crippen LogP contribution in [0.3, 0.4) is 0 Å². The molecular formula is C29H37N3O8. The van der Waals surface area contributed by atoms with Gasteiger partial charge in [0.1, 0.15) is 6.04 Å². The first-order valence-electron chi connectivity index (χ1n) is 13.1. The van der Waals surface area contributed by atoms with E-state index >= 15 is 0 Å². The molecule has 0 unspecified atom stereocenters. The second-order valence-corrected chi connectivity index (χ2v) is 9.72. The lowest BCUT2D eigenvalue weighted by Crippen LogP contribution is -2.47. The third-order valence-electron chi connectivity index (χ3n) is 7.15. The lowest BCUT2D eigenvalue weighted by Gasteiger charge is -2.20. The molecule has 0 aromatic heterocycles. The number of hydrogen-bond donors (Lipinski definition) is 4. The summed E-state index contributed by atoms with van der Waals surface area (Å²) in [5.74, 6) is -0.867. The highest BCUT2D eigenvalue weighted by atomic mass is 16.5. The summed E-state index contributed by atoms with van der Waals surface area (Å²) in [6.45, 7) is 4.70. The van der Waals surface area contributed by atoms with Crippen molar-refractivity contribution < 1.29 is 33.7 Å². The summed E-state index contributed by atoms with van der Waals surface area (Å²) in [6, 6.07) is 5.10. The largest absolute Gasteiger partial charge is 0.493 e. The van der Waals surface area contributed by atoms with Crippen molar-refractivity contribution in [1.82, 2.24) is 10.6 Å². The molecule has 2 aromatic carbocycles. The molecule has 0 aliphatic heterocycles. The number of ether oxygens (including phenoxy) is 3. The maximum Gasteiger partial charge on any atom is 0.326 e. The second-order valence-electron chi connectivity index (χ2n) is 9.72. The number of rotatable bonds is 11. The van der Waals surface area contributed by atoms with Crippen molar-refractivity contribution >= 4 is 23.5 Å². The van der Waals surface area contributed by atoms with Crippen LogP contribution in [0, 0.1) is 5.92 Å². The quantitative estimate of drug-likeness (QED) is 0.328. The van der Waals surface area contributed by atoms with Crippen molar-refractivity contribution in [2.45, 2.75) is 52.1 Å². The Bertz CT molecular complexity index is 1340. The number of carbonyl (C=O) groups is 3. The van der Waals surface area contributed by atoms with Gasteiger partial charge in [0.25, 0.3) is 0 Å². The minimum atomic E-state index is -1.12. The fraction of sp³-hybridized carbons (Fsp3) is 0.448. The van der Waals surface area contributed by atoms with Crippen LogP contribution >= 0.6 is 0 Å². The van der Waals surface area contributed by atoms with E-state index in [2.05, 4.69) is 16.0 Å². The number of fused-ring (bicyclic) bond motifs is 3. The molecule has 0 saturated heterocycles. The van der Waals surface area contributed by atoms with Crippen molar-refractivity contribution in [2.75, 3.05) is 33.2 Å². The normalized spacial score (nSPS) is 15.3. The van der Waals surface area contributed by atoms with E-state index < -0.39 is 29.4 Å². The Morgan fingerprint density at radius 3 is 2.35 bits per heavy atom. The summed E-state index contributed by atoms with van der Waals surface area (Å²) < 4.78 is 16.9. The van der Waals surface area contributed by atoms with Gasteiger partial charge in [-0.15, -0.1) is 0 Å². The van der Waals surface area contributed by atoms with Crippen molar-refractivity contribution in [2.24, 2.45) is 5.92 Å². The molecule has 216 valence electrons. The fourth-order valence-corrected chi connectivity index (χ4v) is 4.94. The molecule has 0 radical (unpaired) electrons. The minimum Gasteiger partial charge on any atom is -0.493 e. The first-order chi connectivity index (χ1) is 19.1. The van der Waals surface area contributed by atoms with Crippen LogP contribution in [-0.4, -0.2) is 56.8 Å². The van der Waals surface area contributed by atoms with Crippen LogP contribution < -0.4 is 35.6 Å². The number of benzene rings is 1. The van der Waals surface area contributed by atoms with Crippen LogP contribution in [-0.2, 0) is 20.8 Å². The van der Waals surface area contributed by atoms with Gasteiger partial charge in [-0.1, -0.05) is 26.3 Å². The van der Waals surface area contributed by atoms with Crippen LogP contribution in [0.5, 0.6) is 17.2 Å². The molecule has 11 heteroatoms. The van der Waals surface area contributed by atoms with Crippen LogP contribution in [0.2, 0.25) is 0 Å². The van der Waals surface area contributed by atoms with Crippen LogP contribution in [0.15, 0.2) is 29.1 Å². The third kappa shape index (κ3) is 6.47. The average molecular weight is 556 g/mol. The maximum absolute atomic E-state index is 13.3. The van der Waals surface area contributed by atoms with E-state index in [1.165, 1.54) is 34.3 Å². The predicted octanol–water partition coefficient (Wildman–Crippen LogP) is 2.89. The molecule has 11 nitrogen and oxygen atoms in total. The number of carboxylic acids is 1. The summed E-state index contributed by atoms with van der Waals surface area (Å²) in [5, 5.41) is 17.8. The smallest absolute Gasteiger partial charge is 0.326 e. The first-order valence-corrected chi connectivity index (χ1v) is 13.1. The molecule has 0 bridgehead atoms. The third-order valence-corrected chi connectivity index (χ3v) is 7.15. The molecule has 2 aromatic rings. The van der Waals surface area contributed by atoms with Crippen molar-refractivity contribution in [3.05, 3.63) is 45.6 Å². The second kappa shape index (κ2) is 13.2. The Labute approximate surface area is 233 Å². The van der Waals surface area contributed by atoms with Crippen LogP contribution in [0.25, 0.3) is 11.1 Å². The fourth-order valence-electron chi connectivity index (χ4n) is 4.94. The van der Waals surface area contributed by atoms with E-state index in [0.29, 0.717) is 53.2 Å². The van der Waals surface area contributed by atoms with Gasteiger partial charge < -0.3 is 35.3 Å². The van der Waals surface area contributed by atoms with E-state index in [1.54, 1.807) is 19.1 Å². The topological polar surface area (TPSA) is 152 Å². The molecule has 3 rings (SSSR count). The average Bonchev–Trinajstić information content (AvgIpc) is 3.17. The molecule has 0 heterocycles. The highest BCUT2D eigenvalue weighted by molar-refractivity contribution is 5.87. The summed E-state index contributed by atoms with van der Waals surface area (Å²) in [4.78, 5) is 49.6. The van der Waals surface area contributed by atoms with E-state index in [0.717, 1.165) is 5.56 Å². The Kier molecular flexibility index (Phi) is 9.98. The Morgan fingerprint density at radius 1 is 1.07 bits per heavy atom. The summed E-state index contributed by atoms with van der Waals surface area (Å²) in [7, 11) is 4.56. The molecule has 0 saturated carbocycles. The molecule has 0 spiro atoms.